The Balaban J connectivity index is 2.73. The summed E-state index contributed by atoms with van der Waals surface area (Å²) in [5.41, 5.74) is 9.98. The van der Waals surface area contributed by atoms with E-state index in [2.05, 4.69) is 25.5 Å². The predicted molar refractivity (Wildman–Crippen MR) is 62.5 cm³/mol. The van der Waals surface area contributed by atoms with Crippen LogP contribution in [-0.4, -0.2) is 29.2 Å². The molecule has 0 fully saturated rings. The second-order valence-corrected chi connectivity index (χ2v) is 3.41. The zero-order valence-electron chi connectivity index (χ0n) is 9.84. The normalized spacial score (nSPS) is 9.53. The molecule has 1 aromatic heterocycles. The molecule has 17 heavy (non-hydrogen) atoms. The van der Waals surface area contributed by atoms with Gasteiger partial charge in [-0.25, -0.2) is 0 Å². The number of carbonyl (C=O) groups excluding carboxylic acids is 1. The summed E-state index contributed by atoms with van der Waals surface area (Å²) >= 11 is 0. The van der Waals surface area contributed by atoms with Crippen LogP contribution in [0.25, 0.3) is 10.4 Å². The molecule has 0 radical (unpaired) electrons. The number of nitrogens with one attached hydrogen (secondary N) is 1. The molecule has 0 atom stereocenters. The number of carbonyl (C=O) groups is 1. The molecule has 0 aliphatic carbocycles. The number of hydrogen-bond acceptors (Lipinski definition) is 4. The number of aryl methyl sites for hydroxylation is 2. The fraction of sp³-hybridized carbons (Fsp3) is 0.500. The zero-order valence-corrected chi connectivity index (χ0v) is 9.84. The first kappa shape index (κ1) is 12.9. The summed E-state index contributed by atoms with van der Waals surface area (Å²) in [6.07, 6.45) is 0.645. The monoisotopic (exact) mass is 234 g/mol. The number of aromatic nitrogens is 2. The second kappa shape index (κ2) is 6.44. The number of nitrogens with zero attached hydrogens (tertiary/aromatic N) is 5. The third kappa shape index (κ3) is 3.73. The minimum atomic E-state index is -0.215. The molecule has 1 N–H and O–H groups in total. The summed E-state index contributed by atoms with van der Waals surface area (Å²) in [4.78, 5) is 14.4. The van der Waals surface area contributed by atoms with E-state index in [4.69, 9.17) is 5.53 Å². The lowest BCUT2D eigenvalue weighted by atomic mass is 10.1. The smallest absolute Gasteiger partial charge is 0.253 e. The van der Waals surface area contributed by atoms with E-state index in [0.717, 1.165) is 0 Å². The van der Waals surface area contributed by atoms with Crippen LogP contribution in [0.1, 0.15) is 28.7 Å². The van der Waals surface area contributed by atoms with Crippen molar-refractivity contribution in [1.82, 2.24) is 15.5 Å². The molecule has 1 rings (SSSR count). The zero-order chi connectivity index (χ0) is 12.7. The number of hydrogen-bond donors (Lipinski definition) is 1. The van der Waals surface area contributed by atoms with Crippen molar-refractivity contribution in [2.75, 3.05) is 13.1 Å². The number of amides is 1. The topological polar surface area (TPSA) is 104 Å². The molecule has 90 valence electrons. The lowest BCUT2D eigenvalue weighted by molar-refractivity contribution is 0.0953. The first-order valence-corrected chi connectivity index (χ1v) is 5.31. The van der Waals surface area contributed by atoms with Crippen molar-refractivity contribution < 1.29 is 4.79 Å². The summed E-state index contributed by atoms with van der Waals surface area (Å²) in [6, 6.07) is 1.70. The second-order valence-electron chi connectivity index (χ2n) is 3.41. The van der Waals surface area contributed by atoms with E-state index in [-0.39, 0.29) is 12.5 Å². The first-order chi connectivity index (χ1) is 8.19. The van der Waals surface area contributed by atoms with Crippen molar-refractivity contribution in [3.05, 3.63) is 33.5 Å². The van der Waals surface area contributed by atoms with E-state index in [1.54, 1.807) is 13.0 Å². The molecule has 0 bridgehead atoms. The van der Waals surface area contributed by atoms with E-state index in [1.807, 2.05) is 6.92 Å². The van der Waals surface area contributed by atoms with Crippen molar-refractivity contribution in [2.24, 2.45) is 5.11 Å². The Morgan fingerprint density at radius 2 is 2.35 bits per heavy atom. The molecule has 0 aromatic carbocycles. The number of azide groups is 1. The summed E-state index contributed by atoms with van der Waals surface area (Å²) in [6.45, 7) is 4.24. The molecule has 7 heteroatoms. The Hall–Kier alpha value is -2.14. The first-order valence-electron chi connectivity index (χ1n) is 5.31. The van der Waals surface area contributed by atoms with Gasteiger partial charge < -0.3 is 5.32 Å². The molecule has 1 heterocycles. The van der Waals surface area contributed by atoms with Gasteiger partial charge in [-0.15, -0.1) is 0 Å². The van der Waals surface area contributed by atoms with Crippen LogP contribution in [0.5, 0.6) is 0 Å². The molecule has 1 amide bonds. The molecule has 1 aromatic rings. The van der Waals surface area contributed by atoms with Crippen LogP contribution >= 0.6 is 0 Å². The Bertz CT molecular complexity index is 452. The predicted octanol–water partition coefficient (Wildman–Crippen LogP) is 1.39. The molecule has 0 aliphatic heterocycles. The van der Waals surface area contributed by atoms with Gasteiger partial charge in [0.25, 0.3) is 5.91 Å². The minimum absolute atomic E-state index is 0.215. The molecule has 0 spiro atoms. The van der Waals surface area contributed by atoms with Gasteiger partial charge in [-0.1, -0.05) is 12.0 Å². The van der Waals surface area contributed by atoms with Crippen LogP contribution in [-0.2, 0) is 6.42 Å². The maximum Gasteiger partial charge on any atom is 0.253 e. The summed E-state index contributed by atoms with van der Waals surface area (Å²) in [5.74, 6) is -0.215. The molecular weight excluding hydrogens is 220 g/mol. The summed E-state index contributed by atoms with van der Waals surface area (Å²) in [5, 5.41) is 13.9. The van der Waals surface area contributed by atoms with Gasteiger partial charge in [0.2, 0.25) is 0 Å². The quantitative estimate of drug-likeness (QED) is 0.360. The molecule has 0 saturated carbocycles. The highest BCUT2D eigenvalue weighted by Crippen LogP contribution is 2.07. The lowest BCUT2D eigenvalue weighted by Gasteiger charge is -2.07. The fourth-order valence-electron chi connectivity index (χ4n) is 1.33. The van der Waals surface area contributed by atoms with E-state index < -0.39 is 0 Å². The highest BCUT2D eigenvalue weighted by Gasteiger charge is 2.11. The average Bonchev–Trinajstić information content (AvgIpc) is 2.34. The van der Waals surface area contributed by atoms with Crippen molar-refractivity contribution in [3.63, 3.8) is 0 Å². The van der Waals surface area contributed by atoms with Crippen molar-refractivity contribution in [2.45, 2.75) is 20.3 Å². The van der Waals surface area contributed by atoms with Gasteiger partial charge >= 0.3 is 0 Å². The van der Waals surface area contributed by atoms with Crippen LogP contribution in [0.3, 0.4) is 0 Å². The van der Waals surface area contributed by atoms with Crippen LogP contribution in [0.4, 0.5) is 0 Å². The third-order valence-corrected chi connectivity index (χ3v) is 2.13. The maximum atomic E-state index is 11.8. The highest BCUT2D eigenvalue weighted by molar-refractivity contribution is 5.95. The minimum Gasteiger partial charge on any atom is -0.352 e. The average molecular weight is 234 g/mol. The van der Waals surface area contributed by atoms with Gasteiger partial charge in [0, 0.05) is 18.0 Å². The largest absolute Gasteiger partial charge is 0.352 e. The maximum absolute atomic E-state index is 11.8. The van der Waals surface area contributed by atoms with Gasteiger partial charge in [0.15, 0.2) is 0 Å². The molecule has 7 nitrogen and oxygen atoms in total. The highest BCUT2D eigenvalue weighted by atomic mass is 16.1. The Morgan fingerprint density at radius 3 is 3.00 bits per heavy atom. The summed E-state index contributed by atoms with van der Waals surface area (Å²) in [7, 11) is 0. The Kier molecular flexibility index (Phi) is 4.90. The van der Waals surface area contributed by atoms with E-state index in [9.17, 15) is 4.79 Å². The molecular formula is C10H14N6O. The van der Waals surface area contributed by atoms with Crippen LogP contribution in [0.2, 0.25) is 0 Å². The van der Waals surface area contributed by atoms with E-state index in [1.165, 1.54) is 0 Å². The molecule has 0 unspecified atom stereocenters. The van der Waals surface area contributed by atoms with Crippen LogP contribution in [0, 0.1) is 6.92 Å². The Morgan fingerprint density at radius 1 is 1.59 bits per heavy atom. The molecule has 0 aliphatic rings. The lowest BCUT2D eigenvalue weighted by Crippen LogP contribution is -2.27. The van der Waals surface area contributed by atoms with Gasteiger partial charge in [-0.2, -0.15) is 10.2 Å². The van der Waals surface area contributed by atoms with Crippen LogP contribution < -0.4 is 5.32 Å². The van der Waals surface area contributed by atoms with Gasteiger partial charge in [-0.3, -0.25) is 4.79 Å². The Labute approximate surface area is 98.9 Å². The summed E-state index contributed by atoms with van der Waals surface area (Å²) < 4.78 is 0. The van der Waals surface area contributed by atoms with Crippen molar-refractivity contribution in [3.8, 4) is 0 Å². The third-order valence-electron chi connectivity index (χ3n) is 2.13. The van der Waals surface area contributed by atoms with E-state index in [0.29, 0.717) is 29.9 Å². The number of rotatable bonds is 5. The SMILES string of the molecule is CCc1nnc(C)cc1C(=O)NCCN=[N+]=[N-]. The van der Waals surface area contributed by atoms with E-state index >= 15 is 0 Å². The van der Waals surface area contributed by atoms with Crippen molar-refractivity contribution in [1.29, 1.82) is 0 Å². The fourth-order valence-corrected chi connectivity index (χ4v) is 1.33. The van der Waals surface area contributed by atoms with Crippen LogP contribution in [0.15, 0.2) is 11.2 Å². The van der Waals surface area contributed by atoms with Gasteiger partial charge in [0.05, 0.1) is 17.0 Å². The van der Waals surface area contributed by atoms with Crippen molar-refractivity contribution >= 4 is 5.91 Å². The van der Waals surface area contributed by atoms with Gasteiger partial charge in [-0.05, 0) is 24.9 Å². The van der Waals surface area contributed by atoms with Gasteiger partial charge in [0.1, 0.15) is 0 Å². The molecule has 0 saturated heterocycles. The standard InChI is InChI=1S/C10H14N6O/c1-3-9-8(6-7(2)14-15-9)10(17)12-4-5-13-16-11/h6H,3-5H2,1-2H3,(H,12,17).